The molecule has 0 spiro atoms. The molecular formula is C21H33FO2. The molecular weight excluding hydrogens is 303 g/mol. The lowest BCUT2D eigenvalue weighted by Crippen LogP contribution is -2.06. The Morgan fingerprint density at radius 1 is 0.792 bits per heavy atom. The molecule has 3 heteroatoms. The first-order chi connectivity index (χ1) is 11.7. The van der Waals surface area contributed by atoms with Gasteiger partial charge in [0.25, 0.3) is 0 Å². The molecule has 0 heterocycles. The van der Waals surface area contributed by atoms with E-state index in [0.29, 0.717) is 12.2 Å². The minimum absolute atomic E-state index is 0.340. The Balaban J connectivity index is 1.87. The Hall–Kier alpha value is -1.38. The molecule has 0 aliphatic heterocycles. The van der Waals surface area contributed by atoms with Gasteiger partial charge < -0.3 is 4.74 Å². The standard InChI is InChI=1S/C21H33FO2/c1-2-3-4-5-6-7-8-9-10-11-12-13-18-24-21(23)19-14-16-20(22)17-15-19/h14-17H,2-13,18H2,1H3. The summed E-state index contributed by atoms with van der Waals surface area (Å²) in [6, 6.07) is 5.47. The summed E-state index contributed by atoms with van der Waals surface area (Å²) in [6.07, 6.45) is 15.4. The Labute approximate surface area is 146 Å². The van der Waals surface area contributed by atoms with Crippen molar-refractivity contribution in [3.8, 4) is 0 Å². The van der Waals surface area contributed by atoms with Crippen molar-refractivity contribution in [1.82, 2.24) is 0 Å². The molecule has 1 aromatic carbocycles. The number of ether oxygens (including phenoxy) is 1. The number of carbonyl (C=O) groups excluding carboxylic acids is 1. The fraction of sp³-hybridized carbons (Fsp3) is 0.667. The summed E-state index contributed by atoms with van der Waals surface area (Å²) in [7, 11) is 0. The minimum atomic E-state index is -0.363. The van der Waals surface area contributed by atoms with Gasteiger partial charge in [0, 0.05) is 0 Å². The van der Waals surface area contributed by atoms with E-state index in [2.05, 4.69) is 6.92 Å². The van der Waals surface area contributed by atoms with Crippen LogP contribution in [0.4, 0.5) is 4.39 Å². The van der Waals surface area contributed by atoms with Crippen LogP contribution in [-0.2, 0) is 4.74 Å². The van der Waals surface area contributed by atoms with Gasteiger partial charge in [-0.1, -0.05) is 77.6 Å². The molecule has 0 saturated carbocycles. The van der Waals surface area contributed by atoms with Crippen LogP contribution < -0.4 is 0 Å². The molecule has 0 radical (unpaired) electrons. The third kappa shape index (κ3) is 10.4. The first kappa shape index (κ1) is 20.7. The van der Waals surface area contributed by atoms with Crippen molar-refractivity contribution in [2.45, 2.75) is 84.0 Å². The zero-order chi connectivity index (χ0) is 17.5. The quantitative estimate of drug-likeness (QED) is 0.280. The maximum absolute atomic E-state index is 12.8. The summed E-state index contributed by atoms with van der Waals surface area (Å²) in [5, 5.41) is 0. The summed E-state index contributed by atoms with van der Waals surface area (Å²) in [4.78, 5) is 11.7. The summed E-state index contributed by atoms with van der Waals surface area (Å²) >= 11 is 0. The second-order valence-corrected chi connectivity index (χ2v) is 6.53. The van der Waals surface area contributed by atoms with Crippen molar-refractivity contribution in [3.63, 3.8) is 0 Å². The van der Waals surface area contributed by atoms with Gasteiger partial charge in [0.1, 0.15) is 5.82 Å². The van der Waals surface area contributed by atoms with Gasteiger partial charge in [0.2, 0.25) is 0 Å². The molecule has 0 aliphatic rings. The number of hydrogen-bond acceptors (Lipinski definition) is 2. The van der Waals surface area contributed by atoms with Crippen molar-refractivity contribution in [3.05, 3.63) is 35.6 Å². The number of esters is 1. The SMILES string of the molecule is CCCCCCCCCCCCCCOC(=O)c1ccc(F)cc1. The van der Waals surface area contributed by atoms with Gasteiger partial charge in [0.15, 0.2) is 0 Å². The molecule has 1 rings (SSSR count). The molecule has 1 aromatic rings. The van der Waals surface area contributed by atoms with E-state index in [4.69, 9.17) is 4.74 Å². The van der Waals surface area contributed by atoms with E-state index in [1.807, 2.05) is 0 Å². The lowest BCUT2D eigenvalue weighted by molar-refractivity contribution is 0.0497. The molecule has 0 saturated heterocycles. The summed E-state index contributed by atoms with van der Waals surface area (Å²) in [5.41, 5.74) is 0.412. The monoisotopic (exact) mass is 336 g/mol. The van der Waals surface area contributed by atoms with E-state index in [9.17, 15) is 9.18 Å². The first-order valence-corrected chi connectivity index (χ1v) is 9.66. The fourth-order valence-corrected chi connectivity index (χ4v) is 2.78. The Morgan fingerprint density at radius 2 is 1.25 bits per heavy atom. The largest absolute Gasteiger partial charge is 0.462 e. The molecule has 0 aliphatic carbocycles. The Morgan fingerprint density at radius 3 is 1.75 bits per heavy atom. The van der Waals surface area contributed by atoms with Crippen LogP contribution in [-0.4, -0.2) is 12.6 Å². The highest BCUT2D eigenvalue weighted by atomic mass is 19.1. The number of carbonyl (C=O) groups is 1. The summed E-state index contributed by atoms with van der Waals surface area (Å²) < 4.78 is 18.0. The highest BCUT2D eigenvalue weighted by molar-refractivity contribution is 5.89. The van der Waals surface area contributed by atoms with Crippen LogP contribution in [0.25, 0.3) is 0 Å². The van der Waals surface area contributed by atoms with Crippen LogP contribution in [0.5, 0.6) is 0 Å². The van der Waals surface area contributed by atoms with Crippen molar-refractivity contribution in [2.24, 2.45) is 0 Å². The van der Waals surface area contributed by atoms with Gasteiger partial charge in [-0.15, -0.1) is 0 Å². The molecule has 0 aromatic heterocycles. The van der Waals surface area contributed by atoms with E-state index in [-0.39, 0.29) is 11.8 Å². The van der Waals surface area contributed by atoms with E-state index >= 15 is 0 Å². The van der Waals surface area contributed by atoms with E-state index in [1.165, 1.54) is 88.5 Å². The van der Waals surface area contributed by atoms with Gasteiger partial charge >= 0.3 is 5.97 Å². The van der Waals surface area contributed by atoms with Crippen LogP contribution in [0.15, 0.2) is 24.3 Å². The normalized spacial score (nSPS) is 10.8. The molecule has 24 heavy (non-hydrogen) atoms. The van der Waals surface area contributed by atoms with Crippen molar-refractivity contribution >= 4 is 5.97 Å². The molecule has 2 nitrogen and oxygen atoms in total. The van der Waals surface area contributed by atoms with Gasteiger partial charge in [0.05, 0.1) is 12.2 Å². The minimum Gasteiger partial charge on any atom is -0.462 e. The fourth-order valence-electron chi connectivity index (χ4n) is 2.78. The van der Waals surface area contributed by atoms with Gasteiger partial charge in [-0.3, -0.25) is 0 Å². The van der Waals surface area contributed by atoms with Crippen molar-refractivity contribution in [1.29, 1.82) is 0 Å². The number of hydrogen-bond donors (Lipinski definition) is 0. The molecule has 0 N–H and O–H groups in total. The van der Waals surface area contributed by atoms with Crippen LogP contribution in [0, 0.1) is 5.82 Å². The predicted molar refractivity (Wildman–Crippen MR) is 97.8 cm³/mol. The zero-order valence-corrected chi connectivity index (χ0v) is 15.2. The third-order valence-corrected chi connectivity index (χ3v) is 4.31. The second kappa shape index (κ2) is 14.0. The topological polar surface area (TPSA) is 26.3 Å². The summed E-state index contributed by atoms with van der Waals surface area (Å²) in [6.45, 7) is 2.71. The lowest BCUT2D eigenvalue weighted by Gasteiger charge is -2.05. The van der Waals surface area contributed by atoms with Crippen LogP contribution in [0.3, 0.4) is 0 Å². The van der Waals surface area contributed by atoms with E-state index in [0.717, 1.165) is 12.8 Å². The average molecular weight is 336 g/mol. The number of rotatable bonds is 14. The molecule has 136 valence electrons. The highest BCUT2D eigenvalue weighted by Crippen LogP contribution is 2.12. The van der Waals surface area contributed by atoms with Gasteiger partial charge in [-0.2, -0.15) is 0 Å². The molecule has 0 unspecified atom stereocenters. The zero-order valence-electron chi connectivity index (χ0n) is 15.2. The van der Waals surface area contributed by atoms with Gasteiger partial charge in [-0.25, -0.2) is 9.18 Å². The maximum atomic E-state index is 12.8. The third-order valence-electron chi connectivity index (χ3n) is 4.31. The maximum Gasteiger partial charge on any atom is 0.338 e. The van der Waals surface area contributed by atoms with Crippen LogP contribution >= 0.6 is 0 Å². The molecule has 0 amide bonds. The number of unbranched alkanes of at least 4 members (excludes halogenated alkanes) is 11. The second-order valence-electron chi connectivity index (χ2n) is 6.53. The molecule has 0 atom stereocenters. The van der Waals surface area contributed by atoms with Gasteiger partial charge in [-0.05, 0) is 30.7 Å². The summed E-state index contributed by atoms with van der Waals surface area (Å²) in [5.74, 6) is -0.703. The molecule has 0 bridgehead atoms. The lowest BCUT2D eigenvalue weighted by atomic mass is 10.1. The Bertz CT molecular complexity index is 428. The molecule has 0 fully saturated rings. The Kier molecular flexibility index (Phi) is 12.1. The first-order valence-electron chi connectivity index (χ1n) is 9.66. The van der Waals surface area contributed by atoms with Crippen molar-refractivity contribution < 1.29 is 13.9 Å². The van der Waals surface area contributed by atoms with E-state index in [1.54, 1.807) is 0 Å². The predicted octanol–water partition coefficient (Wildman–Crippen LogP) is 6.68. The number of halogens is 1. The van der Waals surface area contributed by atoms with Crippen LogP contribution in [0.1, 0.15) is 94.3 Å². The van der Waals surface area contributed by atoms with E-state index < -0.39 is 0 Å². The number of benzene rings is 1. The smallest absolute Gasteiger partial charge is 0.338 e. The highest BCUT2D eigenvalue weighted by Gasteiger charge is 2.06. The van der Waals surface area contributed by atoms with Crippen molar-refractivity contribution in [2.75, 3.05) is 6.61 Å². The average Bonchev–Trinajstić information content (AvgIpc) is 2.59. The van der Waals surface area contributed by atoms with Crippen LogP contribution in [0.2, 0.25) is 0 Å².